The Morgan fingerprint density at radius 1 is 0.900 bits per heavy atom. The number of carbonyl (C=O) groups is 1. The van der Waals surface area contributed by atoms with Crippen LogP contribution in [0.25, 0.3) is 10.8 Å². The lowest BCUT2D eigenvalue weighted by Gasteiger charge is -2.35. The van der Waals surface area contributed by atoms with Gasteiger partial charge >= 0.3 is 0 Å². The normalized spacial score (nSPS) is 16.0. The summed E-state index contributed by atoms with van der Waals surface area (Å²) in [5.74, 6) is 0.0817. The second-order valence-electron chi connectivity index (χ2n) is 7.77. The Morgan fingerprint density at radius 3 is 2.40 bits per heavy atom. The zero-order chi connectivity index (χ0) is 20.8. The Balaban J connectivity index is 1.25. The number of β-amino-alcohol motifs (C(OH)–C–C–N with tert-alkyl or cyclic N) is 1. The van der Waals surface area contributed by atoms with Crippen LogP contribution in [0.5, 0.6) is 0 Å². The van der Waals surface area contributed by atoms with Crippen molar-refractivity contribution in [2.45, 2.75) is 12.7 Å². The van der Waals surface area contributed by atoms with E-state index in [0.29, 0.717) is 32.8 Å². The third-order valence-electron chi connectivity index (χ3n) is 5.57. The average Bonchev–Trinajstić information content (AvgIpc) is 2.79. The van der Waals surface area contributed by atoms with E-state index in [4.69, 9.17) is 4.74 Å². The highest BCUT2D eigenvalue weighted by Crippen LogP contribution is 2.20. The molecule has 0 bridgehead atoms. The molecule has 156 valence electrons. The molecule has 1 heterocycles. The maximum Gasteiger partial charge on any atom is 0.254 e. The minimum absolute atomic E-state index is 0.0817. The van der Waals surface area contributed by atoms with E-state index >= 15 is 0 Å². The Labute approximate surface area is 177 Å². The molecule has 30 heavy (non-hydrogen) atoms. The molecule has 5 nitrogen and oxygen atoms in total. The molecule has 1 atom stereocenters. The van der Waals surface area contributed by atoms with Crippen molar-refractivity contribution in [3.05, 3.63) is 83.9 Å². The topological polar surface area (TPSA) is 53.0 Å². The number of rotatable bonds is 7. The first kappa shape index (κ1) is 20.5. The highest BCUT2D eigenvalue weighted by Gasteiger charge is 2.24. The monoisotopic (exact) mass is 404 g/mol. The van der Waals surface area contributed by atoms with Crippen LogP contribution in [0.2, 0.25) is 0 Å². The Bertz CT molecular complexity index is 963. The molecule has 0 saturated carbocycles. The Morgan fingerprint density at radius 2 is 1.60 bits per heavy atom. The molecular formula is C25H28N2O3. The third kappa shape index (κ3) is 5.05. The van der Waals surface area contributed by atoms with E-state index in [9.17, 15) is 9.90 Å². The van der Waals surface area contributed by atoms with Gasteiger partial charge in [0.2, 0.25) is 0 Å². The fraction of sp³-hybridized carbons (Fsp3) is 0.320. The van der Waals surface area contributed by atoms with Crippen molar-refractivity contribution in [1.82, 2.24) is 9.80 Å². The van der Waals surface area contributed by atoms with E-state index < -0.39 is 6.10 Å². The summed E-state index contributed by atoms with van der Waals surface area (Å²) in [5, 5.41) is 12.4. The zero-order valence-corrected chi connectivity index (χ0v) is 17.1. The van der Waals surface area contributed by atoms with Crippen LogP contribution in [0.4, 0.5) is 0 Å². The molecule has 3 aromatic carbocycles. The number of carbonyl (C=O) groups excluding carboxylic acids is 1. The minimum Gasteiger partial charge on any atom is -0.389 e. The average molecular weight is 405 g/mol. The molecule has 3 aromatic rings. The summed E-state index contributed by atoms with van der Waals surface area (Å²) in [5.41, 5.74) is 1.86. The summed E-state index contributed by atoms with van der Waals surface area (Å²) in [7, 11) is 0. The summed E-state index contributed by atoms with van der Waals surface area (Å²) >= 11 is 0. The summed E-state index contributed by atoms with van der Waals surface area (Å²) in [6.45, 7) is 4.22. The van der Waals surface area contributed by atoms with E-state index in [1.54, 1.807) is 0 Å². The van der Waals surface area contributed by atoms with Crippen LogP contribution in [0.15, 0.2) is 72.8 Å². The van der Waals surface area contributed by atoms with Gasteiger partial charge in [-0.2, -0.15) is 0 Å². The quantitative estimate of drug-likeness (QED) is 0.657. The van der Waals surface area contributed by atoms with E-state index in [0.717, 1.165) is 35.0 Å². The van der Waals surface area contributed by atoms with Gasteiger partial charge in [-0.25, -0.2) is 0 Å². The second-order valence-corrected chi connectivity index (χ2v) is 7.77. The third-order valence-corrected chi connectivity index (χ3v) is 5.57. The number of benzene rings is 3. The van der Waals surface area contributed by atoms with Crippen LogP contribution < -0.4 is 0 Å². The van der Waals surface area contributed by atoms with Crippen LogP contribution in [-0.2, 0) is 11.3 Å². The fourth-order valence-corrected chi connectivity index (χ4v) is 3.95. The fourth-order valence-electron chi connectivity index (χ4n) is 3.95. The first-order chi connectivity index (χ1) is 14.7. The Hall–Kier alpha value is -2.73. The van der Waals surface area contributed by atoms with Gasteiger partial charge in [-0.05, 0) is 22.4 Å². The van der Waals surface area contributed by atoms with E-state index in [1.807, 2.05) is 77.7 Å². The number of aliphatic hydroxyl groups is 1. The number of piperazine rings is 1. The van der Waals surface area contributed by atoms with Gasteiger partial charge in [0.15, 0.2) is 0 Å². The lowest BCUT2D eigenvalue weighted by Crippen LogP contribution is -2.50. The van der Waals surface area contributed by atoms with Crippen molar-refractivity contribution in [3.63, 3.8) is 0 Å². The van der Waals surface area contributed by atoms with Crippen LogP contribution in [0.1, 0.15) is 15.9 Å². The molecule has 4 rings (SSSR count). The van der Waals surface area contributed by atoms with Gasteiger partial charge < -0.3 is 14.7 Å². The maximum atomic E-state index is 13.1. The minimum atomic E-state index is -0.533. The molecule has 5 heteroatoms. The predicted octanol–water partition coefficient (Wildman–Crippen LogP) is 3.18. The van der Waals surface area contributed by atoms with E-state index in [-0.39, 0.29) is 5.91 Å². The number of fused-ring (bicyclic) bond motifs is 1. The van der Waals surface area contributed by atoms with Gasteiger partial charge in [0, 0.05) is 38.3 Å². The Kier molecular flexibility index (Phi) is 6.74. The lowest BCUT2D eigenvalue weighted by molar-refractivity contribution is 0.00207. The number of hydrogen-bond donors (Lipinski definition) is 1. The molecule has 1 N–H and O–H groups in total. The van der Waals surface area contributed by atoms with Crippen LogP contribution in [-0.4, -0.2) is 66.2 Å². The van der Waals surface area contributed by atoms with Crippen molar-refractivity contribution in [2.24, 2.45) is 0 Å². The molecule has 0 aliphatic carbocycles. The molecule has 1 aliphatic heterocycles. The number of amides is 1. The maximum absolute atomic E-state index is 13.1. The van der Waals surface area contributed by atoms with Gasteiger partial charge in [-0.3, -0.25) is 9.69 Å². The number of hydrogen-bond acceptors (Lipinski definition) is 4. The summed E-state index contributed by atoms with van der Waals surface area (Å²) in [4.78, 5) is 17.2. The van der Waals surface area contributed by atoms with Gasteiger partial charge in [0.1, 0.15) is 0 Å². The van der Waals surface area contributed by atoms with Crippen molar-refractivity contribution in [3.8, 4) is 0 Å². The summed E-state index contributed by atoms with van der Waals surface area (Å²) in [6.07, 6.45) is -0.533. The second kappa shape index (κ2) is 9.85. The van der Waals surface area contributed by atoms with Crippen molar-refractivity contribution >= 4 is 16.7 Å². The molecule has 1 aliphatic rings. The van der Waals surface area contributed by atoms with Crippen molar-refractivity contribution in [1.29, 1.82) is 0 Å². The largest absolute Gasteiger partial charge is 0.389 e. The van der Waals surface area contributed by atoms with Gasteiger partial charge in [-0.1, -0.05) is 66.7 Å². The number of nitrogens with zero attached hydrogens (tertiary/aromatic N) is 2. The van der Waals surface area contributed by atoms with Gasteiger partial charge in [0.05, 0.1) is 19.3 Å². The highest BCUT2D eigenvalue weighted by molar-refractivity contribution is 6.07. The molecule has 1 fully saturated rings. The van der Waals surface area contributed by atoms with E-state index in [2.05, 4.69) is 4.90 Å². The summed E-state index contributed by atoms with van der Waals surface area (Å²) in [6, 6.07) is 23.8. The van der Waals surface area contributed by atoms with Crippen molar-refractivity contribution < 1.29 is 14.6 Å². The number of aliphatic hydroxyl groups excluding tert-OH is 1. The van der Waals surface area contributed by atoms with Crippen LogP contribution in [0, 0.1) is 0 Å². The molecule has 0 spiro atoms. The standard InChI is InChI=1S/C25H28N2O3/c28-22(19-30-18-20-7-2-1-3-8-20)17-26-13-15-27(16-14-26)25(29)24-12-6-10-21-9-4-5-11-23(21)24/h1-12,22,28H,13-19H2/t22-/m0/s1. The first-order valence-electron chi connectivity index (χ1n) is 10.5. The molecule has 0 unspecified atom stereocenters. The predicted molar refractivity (Wildman–Crippen MR) is 118 cm³/mol. The smallest absolute Gasteiger partial charge is 0.254 e. The highest BCUT2D eigenvalue weighted by atomic mass is 16.5. The molecular weight excluding hydrogens is 376 g/mol. The molecule has 1 amide bonds. The first-order valence-corrected chi connectivity index (χ1v) is 10.5. The molecule has 0 aromatic heterocycles. The summed E-state index contributed by atoms with van der Waals surface area (Å²) < 4.78 is 5.64. The molecule has 1 saturated heterocycles. The van der Waals surface area contributed by atoms with Crippen molar-refractivity contribution in [2.75, 3.05) is 39.3 Å². The van der Waals surface area contributed by atoms with Crippen LogP contribution in [0.3, 0.4) is 0 Å². The zero-order valence-electron chi connectivity index (χ0n) is 17.1. The lowest BCUT2D eigenvalue weighted by atomic mass is 10.0. The van der Waals surface area contributed by atoms with Gasteiger partial charge in [0.25, 0.3) is 5.91 Å². The van der Waals surface area contributed by atoms with Gasteiger partial charge in [-0.15, -0.1) is 0 Å². The number of ether oxygens (including phenoxy) is 1. The van der Waals surface area contributed by atoms with E-state index in [1.165, 1.54) is 0 Å². The van der Waals surface area contributed by atoms with Crippen LogP contribution >= 0.6 is 0 Å². The molecule has 0 radical (unpaired) electrons. The SMILES string of the molecule is O=C(c1cccc2ccccc12)N1CCN(C[C@H](O)COCc2ccccc2)CC1.